The van der Waals surface area contributed by atoms with Crippen LogP contribution in [-0.2, 0) is 4.79 Å². The molecule has 0 atom stereocenters. The Labute approximate surface area is 171 Å². The van der Waals surface area contributed by atoms with Gasteiger partial charge in [-0.3, -0.25) is 9.59 Å². The Balaban J connectivity index is 0.000000296. The van der Waals surface area contributed by atoms with Crippen LogP contribution < -0.4 is 5.32 Å². The molecule has 0 aliphatic heterocycles. The Bertz CT molecular complexity index is 767. The highest BCUT2D eigenvalue weighted by Gasteiger charge is 2.20. The summed E-state index contributed by atoms with van der Waals surface area (Å²) in [5.41, 5.74) is 0.391. The number of para-hydroxylation sites is 1. The van der Waals surface area contributed by atoms with E-state index in [-0.39, 0.29) is 45.8 Å². The number of hydrogen-bond acceptors (Lipinski definition) is 6. The van der Waals surface area contributed by atoms with Gasteiger partial charge in [0.15, 0.2) is 23.0 Å². The lowest BCUT2D eigenvalue weighted by Gasteiger charge is -2.13. The van der Waals surface area contributed by atoms with Gasteiger partial charge in [0.1, 0.15) is 5.76 Å². The molecular weight excluding hydrogens is 374 g/mol. The van der Waals surface area contributed by atoms with E-state index in [4.69, 9.17) is 5.11 Å². The first kappa shape index (κ1) is 24.1. The van der Waals surface area contributed by atoms with Crippen LogP contribution in [0.5, 0.6) is 11.5 Å². The van der Waals surface area contributed by atoms with E-state index in [2.05, 4.69) is 12.2 Å². The fraction of sp³-hybridized carbons (Fsp3) is 0.455. The average molecular weight is 405 g/mol. The van der Waals surface area contributed by atoms with E-state index >= 15 is 0 Å². The highest BCUT2D eigenvalue weighted by molar-refractivity contribution is 5.99. The molecule has 0 radical (unpaired) electrons. The molecule has 0 aromatic heterocycles. The van der Waals surface area contributed by atoms with E-state index in [1.165, 1.54) is 18.2 Å². The fourth-order valence-electron chi connectivity index (χ4n) is 2.71. The maximum Gasteiger partial charge on any atom is 0.254 e. The highest BCUT2D eigenvalue weighted by Crippen LogP contribution is 2.29. The van der Waals surface area contributed by atoms with E-state index in [0.717, 1.165) is 25.7 Å². The van der Waals surface area contributed by atoms with Crippen molar-refractivity contribution in [3.8, 4) is 11.5 Å². The van der Waals surface area contributed by atoms with Crippen molar-refractivity contribution in [2.75, 3.05) is 6.54 Å². The first-order chi connectivity index (χ1) is 13.8. The van der Waals surface area contributed by atoms with Crippen LogP contribution in [0, 0.1) is 0 Å². The van der Waals surface area contributed by atoms with Gasteiger partial charge in [-0.15, -0.1) is 0 Å². The number of nitrogens with one attached hydrogen (secondary N) is 1. The summed E-state index contributed by atoms with van der Waals surface area (Å²) in [6.07, 6.45) is 6.88. The molecule has 0 unspecified atom stereocenters. The number of ketones is 1. The summed E-state index contributed by atoms with van der Waals surface area (Å²) in [6.45, 7) is 4.59. The number of aliphatic hydroxyl groups is 2. The predicted octanol–water partition coefficient (Wildman–Crippen LogP) is 4.42. The van der Waals surface area contributed by atoms with Crippen LogP contribution >= 0.6 is 0 Å². The number of unbranched alkanes of at least 4 members (excludes halogenated alkanes) is 2. The summed E-state index contributed by atoms with van der Waals surface area (Å²) in [5, 5.41) is 40.0. The number of benzene rings is 1. The van der Waals surface area contributed by atoms with Gasteiger partial charge >= 0.3 is 0 Å². The van der Waals surface area contributed by atoms with Crippen LogP contribution in [0.3, 0.4) is 0 Å². The standard InChI is InChI=1S/C12H19NO3.C10H12O3/c1-2-3-4-8-13-12(16)9-6-5-7-10(14)11(9)15;1-2-4-8(11)7-5-3-6-9(12)10(7)13/h6,14-15H,2-5,7-8H2,1H3,(H,13,16);3,5-6,12-13H,2,4H2,1H3. The second-order valence-corrected chi connectivity index (χ2v) is 6.76. The van der Waals surface area contributed by atoms with Gasteiger partial charge in [-0.05, 0) is 31.4 Å². The molecule has 5 N–H and O–H groups in total. The van der Waals surface area contributed by atoms with Crippen LogP contribution in [0.1, 0.15) is 69.2 Å². The minimum absolute atomic E-state index is 0.0961. The van der Waals surface area contributed by atoms with Crippen molar-refractivity contribution in [3.05, 3.63) is 46.9 Å². The van der Waals surface area contributed by atoms with Crippen molar-refractivity contribution < 1.29 is 30.0 Å². The number of phenolic OH excluding ortho intramolecular Hbond substituents is 2. The molecule has 0 saturated heterocycles. The molecular formula is C22H31NO6. The molecule has 0 saturated carbocycles. The molecule has 7 nitrogen and oxygen atoms in total. The molecule has 1 aliphatic carbocycles. The van der Waals surface area contributed by atoms with Gasteiger partial charge in [-0.1, -0.05) is 38.8 Å². The van der Waals surface area contributed by atoms with Crippen LogP contribution in [0.25, 0.3) is 0 Å². The van der Waals surface area contributed by atoms with E-state index in [9.17, 15) is 24.9 Å². The quantitative estimate of drug-likeness (QED) is 0.247. The Hall–Kier alpha value is -2.96. The number of Topliss-reactive ketones (excluding diaryl/α,β-unsaturated/α-hetero) is 1. The smallest absolute Gasteiger partial charge is 0.254 e. The molecule has 160 valence electrons. The van der Waals surface area contributed by atoms with Gasteiger partial charge in [0, 0.05) is 19.4 Å². The summed E-state index contributed by atoms with van der Waals surface area (Å²) in [7, 11) is 0. The third-order valence-electron chi connectivity index (χ3n) is 4.36. The second-order valence-electron chi connectivity index (χ2n) is 6.76. The SMILES string of the molecule is CCCC(=O)c1cccc(O)c1O.CCCCCNC(=O)C1=CCCC(O)=C1O. The van der Waals surface area contributed by atoms with E-state index in [0.29, 0.717) is 25.8 Å². The summed E-state index contributed by atoms with van der Waals surface area (Å²) in [4.78, 5) is 23.0. The Morgan fingerprint density at radius 1 is 1.03 bits per heavy atom. The average Bonchev–Trinajstić information content (AvgIpc) is 2.70. The maximum absolute atomic E-state index is 11.6. The second kappa shape index (κ2) is 12.5. The molecule has 1 aliphatic rings. The zero-order chi connectivity index (χ0) is 21.8. The van der Waals surface area contributed by atoms with Gasteiger partial charge in [0.2, 0.25) is 0 Å². The van der Waals surface area contributed by atoms with Crippen LogP contribution in [0.2, 0.25) is 0 Å². The van der Waals surface area contributed by atoms with Crippen molar-refractivity contribution in [2.45, 2.75) is 58.8 Å². The molecule has 0 bridgehead atoms. The fourth-order valence-corrected chi connectivity index (χ4v) is 2.71. The van der Waals surface area contributed by atoms with Gasteiger partial charge in [-0.2, -0.15) is 0 Å². The van der Waals surface area contributed by atoms with E-state index < -0.39 is 0 Å². The van der Waals surface area contributed by atoms with Gasteiger partial charge in [-0.25, -0.2) is 0 Å². The minimum atomic E-state index is -0.319. The normalized spacial score (nSPS) is 13.2. The zero-order valence-electron chi connectivity index (χ0n) is 17.1. The Morgan fingerprint density at radius 3 is 2.41 bits per heavy atom. The molecule has 1 aromatic carbocycles. The number of aliphatic hydroxyl groups excluding tert-OH is 2. The molecule has 7 heteroatoms. The van der Waals surface area contributed by atoms with Crippen molar-refractivity contribution in [1.29, 1.82) is 0 Å². The molecule has 2 rings (SSSR count). The number of amides is 1. The molecule has 1 amide bonds. The first-order valence-corrected chi connectivity index (χ1v) is 9.97. The number of rotatable bonds is 8. The maximum atomic E-state index is 11.6. The van der Waals surface area contributed by atoms with Crippen LogP contribution in [-0.4, -0.2) is 38.7 Å². The van der Waals surface area contributed by atoms with Crippen LogP contribution in [0.15, 0.2) is 41.4 Å². The van der Waals surface area contributed by atoms with Crippen molar-refractivity contribution >= 4 is 11.7 Å². The molecule has 0 spiro atoms. The third-order valence-corrected chi connectivity index (χ3v) is 4.36. The summed E-state index contributed by atoms with van der Waals surface area (Å²) in [6, 6.07) is 4.39. The monoisotopic (exact) mass is 405 g/mol. The zero-order valence-corrected chi connectivity index (χ0v) is 17.1. The van der Waals surface area contributed by atoms with Gasteiger partial charge < -0.3 is 25.7 Å². The first-order valence-electron chi connectivity index (χ1n) is 9.97. The topological polar surface area (TPSA) is 127 Å². The molecule has 29 heavy (non-hydrogen) atoms. The predicted molar refractivity (Wildman–Crippen MR) is 111 cm³/mol. The largest absolute Gasteiger partial charge is 0.508 e. The van der Waals surface area contributed by atoms with Crippen molar-refractivity contribution in [2.24, 2.45) is 0 Å². The number of allylic oxidation sites excluding steroid dienone is 2. The van der Waals surface area contributed by atoms with Crippen molar-refractivity contribution in [1.82, 2.24) is 5.32 Å². The van der Waals surface area contributed by atoms with E-state index in [1.54, 1.807) is 6.08 Å². The molecule has 1 aromatic rings. The number of carbonyl (C=O) groups is 2. The number of aromatic hydroxyl groups is 2. The van der Waals surface area contributed by atoms with Gasteiger partial charge in [0.05, 0.1) is 11.1 Å². The van der Waals surface area contributed by atoms with E-state index in [1.807, 2.05) is 6.92 Å². The highest BCUT2D eigenvalue weighted by atomic mass is 16.3. The Morgan fingerprint density at radius 2 is 1.76 bits per heavy atom. The molecule has 0 fully saturated rings. The van der Waals surface area contributed by atoms with Gasteiger partial charge in [0.25, 0.3) is 5.91 Å². The number of phenols is 2. The number of hydrogen-bond donors (Lipinski definition) is 5. The lowest BCUT2D eigenvalue weighted by Crippen LogP contribution is -2.27. The number of carbonyl (C=O) groups excluding carboxylic acids is 2. The summed E-state index contributed by atoms with van der Waals surface area (Å²) in [5.74, 6) is -1.39. The van der Waals surface area contributed by atoms with Crippen LogP contribution in [0.4, 0.5) is 0 Å². The lowest BCUT2D eigenvalue weighted by molar-refractivity contribution is -0.117. The minimum Gasteiger partial charge on any atom is -0.508 e. The molecule has 0 heterocycles. The van der Waals surface area contributed by atoms with Crippen molar-refractivity contribution in [3.63, 3.8) is 0 Å². The lowest BCUT2D eigenvalue weighted by atomic mass is 10.0. The Kier molecular flexibility index (Phi) is 10.4. The third kappa shape index (κ3) is 7.52. The summed E-state index contributed by atoms with van der Waals surface area (Å²) >= 11 is 0. The summed E-state index contributed by atoms with van der Waals surface area (Å²) < 4.78 is 0.